The molecule has 2 rings (SSSR count). The summed E-state index contributed by atoms with van der Waals surface area (Å²) in [5.41, 5.74) is 0.945. The molecule has 0 aromatic heterocycles. The van der Waals surface area contributed by atoms with Gasteiger partial charge in [-0.1, -0.05) is 49.8 Å². The van der Waals surface area contributed by atoms with Gasteiger partial charge in [-0.25, -0.2) is 9.69 Å². The highest BCUT2D eigenvalue weighted by molar-refractivity contribution is 6.45. The number of urea groups is 1. The lowest BCUT2D eigenvalue weighted by molar-refractivity contribution is -0.143. The van der Waals surface area contributed by atoms with Gasteiger partial charge in [0.1, 0.15) is 6.54 Å². The molecule has 0 aliphatic carbocycles. The van der Waals surface area contributed by atoms with Gasteiger partial charge in [0.05, 0.1) is 6.04 Å². The van der Waals surface area contributed by atoms with E-state index in [1.54, 1.807) is 0 Å². The summed E-state index contributed by atoms with van der Waals surface area (Å²) < 4.78 is 0. The van der Waals surface area contributed by atoms with Gasteiger partial charge >= 0.3 is 17.8 Å². The summed E-state index contributed by atoms with van der Waals surface area (Å²) in [6.45, 7) is 4.90. The Balaban J connectivity index is 2.05. The second-order valence-corrected chi connectivity index (χ2v) is 5.70. The Morgan fingerprint density at radius 2 is 1.80 bits per heavy atom. The van der Waals surface area contributed by atoms with Gasteiger partial charge in [0.2, 0.25) is 5.91 Å². The van der Waals surface area contributed by atoms with Crippen molar-refractivity contribution in [3.8, 4) is 0 Å². The molecule has 1 aromatic carbocycles. The van der Waals surface area contributed by atoms with E-state index in [0.29, 0.717) is 4.90 Å². The number of hydrogen-bond donors (Lipinski definition) is 1. The molecule has 1 N–H and O–H groups in total. The molecule has 7 heteroatoms. The lowest BCUT2D eigenvalue weighted by Crippen LogP contribution is -2.42. The zero-order valence-electron chi connectivity index (χ0n) is 14.1. The van der Waals surface area contributed by atoms with E-state index in [1.165, 1.54) is 6.08 Å². The van der Waals surface area contributed by atoms with Crippen molar-refractivity contribution in [2.24, 2.45) is 0 Å². The normalized spacial score (nSPS) is 15.5. The number of carbonyl (C=O) groups is 4. The highest BCUT2D eigenvalue weighted by Crippen LogP contribution is 2.18. The molecular formula is C18H21N3O4. The summed E-state index contributed by atoms with van der Waals surface area (Å²) in [4.78, 5) is 49.6. The minimum Gasteiger partial charge on any atom is -0.348 e. The molecule has 5 amide bonds. The Hall–Kier alpha value is -2.96. The summed E-state index contributed by atoms with van der Waals surface area (Å²) in [6, 6.07) is 8.44. The summed E-state index contributed by atoms with van der Waals surface area (Å²) >= 11 is 0. The van der Waals surface area contributed by atoms with E-state index in [0.717, 1.165) is 23.3 Å². The van der Waals surface area contributed by atoms with E-state index in [-0.39, 0.29) is 12.6 Å². The molecule has 25 heavy (non-hydrogen) atoms. The monoisotopic (exact) mass is 343 g/mol. The van der Waals surface area contributed by atoms with Crippen molar-refractivity contribution in [2.75, 3.05) is 13.1 Å². The molecular weight excluding hydrogens is 322 g/mol. The van der Waals surface area contributed by atoms with Crippen LogP contribution in [0.3, 0.4) is 0 Å². The average molecular weight is 343 g/mol. The third-order valence-corrected chi connectivity index (χ3v) is 3.86. The van der Waals surface area contributed by atoms with E-state index < -0.39 is 30.3 Å². The fourth-order valence-corrected chi connectivity index (χ4v) is 2.66. The largest absolute Gasteiger partial charge is 0.348 e. The zero-order valence-corrected chi connectivity index (χ0v) is 14.1. The molecule has 1 aliphatic rings. The molecule has 0 radical (unpaired) electrons. The predicted octanol–water partition coefficient (Wildman–Crippen LogP) is 1.62. The van der Waals surface area contributed by atoms with Gasteiger partial charge < -0.3 is 5.32 Å². The van der Waals surface area contributed by atoms with Crippen molar-refractivity contribution < 1.29 is 19.2 Å². The maximum Gasteiger partial charge on any atom is 0.335 e. The standard InChI is InChI=1S/C18H21N3O4/c1-3-8-14(13-9-6-5-7-10-13)19-15(22)12-21-17(24)16(23)20(11-4-2)18(21)25/h4-7,9-10,14H,2-3,8,11-12H2,1H3,(H,19,22)/t14-/m1/s1. The lowest BCUT2D eigenvalue weighted by Gasteiger charge is -2.20. The topological polar surface area (TPSA) is 86.8 Å². The first-order valence-electron chi connectivity index (χ1n) is 8.12. The Morgan fingerprint density at radius 3 is 2.40 bits per heavy atom. The second kappa shape index (κ2) is 8.23. The van der Waals surface area contributed by atoms with Gasteiger partial charge in [-0.3, -0.25) is 19.3 Å². The first-order chi connectivity index (χ1) is 12.0. The van der Waals surface area contributed by atoms with Crippen molar-refractivity contribution in [1.29, 1.82) is 0 Å². The third-order valence-electron chi connectivity index (χ3n) is 3.86. The fraction of sp³-hybridized carbons (Fsp3) is 0.333. The number of hydrogen-bond acceptors (Lipinski definition) is 4. The lowest BCUT2D eigenvalue weighted by atomic mass is 10.0. The predicted molar refractivity (Wildman–Crippen MR) is 91.3 cm³/mol. The fourth-order valence-electron chi connectivity index (χ4n) is 2.66. The van der Waals surface area contributed by atoms with Crippen LogP contribution in [0.1, 0.15) is 31.4 Å². The van der Waals surface area contributed by atoms with Crippen LogP contribution in [0.4, 0.5) is 4.79 Å². The molecule has 0 unspecified atom stereocenters. The van der Waals surface area contributed by atoms with Crippen molar-refractivity contribution in [2.45, 2.75) is 25.8 Å². The van der Waals surface area contributed by atoms with Gasteiger partial charge in [0.15, 0.2) is 0 Å². The van der Waals surface area contributed by atoms with E-state index in [1.807, 2.05) is 37.3 Å². The summed E-state index contributed by atoms with van der Waals surface area (Å²) in [5, 5.41) is 2.83. The number of amides is 5. The van der Waals surface area contributed by atoms with Crippen molar-refractivity contribution in [3.63, 3.8) is 0 Å². The Morgan fingerprint density at radius 1 is 1.16 bits per heavy atom. The number of nitrogens with zero attached hydrogens (tertiary/aromatic N) is 2. The number of benzene rings is 1. The number of imide groups is 2. The highest BCUT2D eigenvalue weighted by Gasteiger charge is 2.44. The second-order valence-electron chi connectivity index (χ2n) is 5.70. The SMILES string of the molecule is C=CCN1C(=O)C(=O)N(CC(=O)N[C@H](CCC)c2ccccc2)C1=O. The summed E-state index contributed by atoms with van der Waals surface area (Å²) in [5.74, 6) is -2.42. The van der Waals surface area contributed by atoms with E-state index in [4.69, 9.17) is 0 Å². The molecule has 7 nitrogen and oxygen atoms in total. The molecule has 0 saturated carbocycles. The van der Waals surface area contributed by atoms with Crippen LogP contribution in [-0.4, -0.2) is 46.6 Å². The van der Waals surface area contributed by atoms with Crippen LogP contribution < -0.4 is 5.32 Å². The maximum absolute atomic E-state index is 12.3. The van der Waals surface area contributed by atoms with Crippen LogP contribution in [0.2, 0.25) is 0 Å². The quantitative estimate of drug-likeness (QED) is 0.441. The van der Waals surface area contributed by atoms with E-state index >= 15 is 0 Å². The van der Waals surface area contributed by atoms with Crippen LogP contribution in [-0.2, 0) is 14.4 Å². The third kappa shape index (κ3) is 4.12. The Labute approximate surface area is 146 Å². The van der Waals surface area contributed by atoms with Crippen LogP contribution in [0.5, 0.6) is 0 Å². The van der Waals surface area contributed by atoms with Crippen LogP contribution in [0.15, 0.2) is 43.0 Å². The van der Waals surface area contributed by atoms with E-state index in [2.05, 4.69) is 11.9 Å². The highest BCUT2D eigenvalue weighted by atomic mass is 16.2. The van der Waals surface area contributed by atoms with Crippen LogP contribution in [0.25, 0.3) is 0 Å². The first kappa shape index (κ1) is 18.4. The Kier molecular flexibility index (Phi) is 6.05. The van der Waals surface area contributed by atoms with Gasteiger partial charge in [-0.05, 0) is 12.0 Å². The summed E-state index contributed by atoms with van der Waals surface area (Å²) in [6.07, 6.45) is 2.92. The number of nitrogens with one attached hydrogen (secondary N) is 1. The first-order valence-corrected chi connectivity index (χ1v) is 8.12. The molecule has 132 valence electrons. The van der Waals surface area contributed by atoms with E-state index in [9.17, 15) is 19.2 Å². The average Bonchev–Trinajstić information content (AvgIpc) is 2.80. The molecule has 0 spiro atoms. The molecule has 1 heterocycles. The molecule has 0 bridgehead atoms. The van der Waals surface area contributed by atoms with Crippen molar-refractivity contribution in [3.05, 3.63) is 48.6 Å². The molecule has 1 aromatic rings. The maximum atomic E-state index is 12.3. The smallest absolute Gasteiger partial charge is 0.335 e. The number of carbonyl (C=O) groups excluding carboxylic acids is 4. The molecule has 1 fully saturated rings. The minimum absolute atomic E-state index is 0.0655. The minimum atomic E-state index is -0.992. The van der Waals surface area contributed by atoms with Gasteiger partial charge in [-0.15, -0.1) is 6.58 Å². The van der Waals surface area contributed by atoms with Gasteiger partial charge in [0, 0.05) is 6.54 Å². The molecule has 1 aliphatic heterocycles. The van der Waals surface area contributed by atoms with Crippen LogP contribution in [0, 0.1) is 0 Å². The zero-order chi connectivity index (χ0) is 18.4. The van der Waals surface area contributed by atoms with Gasteiger partial charge in [-0.2, -0.15) is 0 Å². The van der Waals surface area contributed by atoms with Crippen LogP contribution >= 0.6 is 0 Å². The molecule has 1 saturated heterocycles. The van der Waals surface area contributed by atoms with Crippen molar-refractivity contribution >= 4 is 23.8 Å². The Bertz CT molecular complexity index is 687. The summed E-state index contributed by atoms with van der Waals surface area (Å²) in [7, 11) is 0. The molecule has 1 atom stereocenters. The van der Waals surface area contributed by atoms with Crippen molar-refractivity contribution in [1.82, 2.24) is 15.1 Å². The van der Waals surface area contributed by atoms with Gasteiger partial charge in [0.25, 0.3) is 0 Å². The number of rotatable bonds is 8.